The molecule has 0 bridgehead atoms. The fraction of sp³-hybridized carbons (Fsp3) is 0.950. The van der Waals surface area contributed by atoms with Crippen LogP contribution >= 0.6 is 0 Å². The Morgan fingerprint density at radius 3 is 0.778 bits per heavy atom. The van der Waals surface area contributed by atoms with Gasteiger partial charge in [-0.1, -0.05) is 0 Å². The van der Waals surface area contributed by atoms with E-state index in [0.29, 0.717) is 0 Å². The largest absolute Gasteiger partial charge is 0.394 e. The molecule has 0 aliphatic carbocycles. The highest BCUT2D eigenvalue weighted by Gasteiger charge is 2.64. The lowest BCUT2D eigenvalue weighted by Crippen LogP contribution is -2.71. The van der Waals surface area contributed by atoms with Crippen LogP contribution in [0.5, 0.6) is 0 Å². The van der Waals surface area contributed by atoms with Gasteiger partial charge in [0.1, 0.15) is 287 Å². The Hall–Kier alpha value is -4.36. The lowest BCUT2D eigenvalue weighted by atomic mass is 9.93. The van der Waals surface area contributed by atoms with Gasteiger partial charge in [-0.3, -0.25) is 19.2 Å². The molecule has 144 heavy (non-hydrogen) atoms. The maximum absolute atomic E-state index is 13.4. The van der Waals surface area contributed by atoms with Crippen LogP contribution in [0.3, 0.4) is 0 Å². The van der Waals surface area contributed by atoms with Crippen molar-refractivity contribution < 1.29 is 297 Å². The predicted molar refractivity (Wildman–Crippen MR) is 440 cm³/mol. The van der Waals surface area contributed by atoms with Crippen LogP contribution in [-0.2, 0) is 128 Å². The number of hydrogen-bond donors (Lipinski definition) is 37. The average molecular weight is 2110 g/mol. The topological polar surface area (TPSA) is 996 Å². The van der Waals surface area contributed by atoms with E-state index in [1.54, 1.807) is 0 Å². The monoisotopic (exact) mass is 2110 g/mol. The molecule has 0 aromatic heterocycles. The van der Waals surface area contributed by atoms with Crippen molar-refractivity contribution >= 4 is 23.6 Å². The SMILES string of the molecule is CC(=O)N[C@@H]1[C@H](O[C@@H]2[C@@H](O[C@@H]3[C@H](O)[C@H](O[C@H]4[C@H](O)[C@@H](NC(C)=O)[C@H](O[C@H]5[C@H](O)[C@@H](NC(C)=O)[C@H](O)O[C@@H]5CO[C@@H]5O[C@@H](C)[C@@H](O)[C@@H](O)[C@@H]5O)O[C@@H]4CO)O[C@H](CO[C@H]4O[C@H](CO)[C@@H](O)[C@H](O)[C@@H]4O[C@@H]4O[C@H](CO)[C@@H](O[C@@H]5O[C@H](CO)[C@H](O)[C@H](O[C@H]6O[C@H](CO)[C@H](O)[C@H](O)[C@H]6O)[C@H]5O)[C@H](O)[C@H]4NC(C)=O)[C@H]3O)O[C@H](CO)[C@@H](O)[C@@H]2O)O[C@H](CO)[C@@H](O[C@@H]2O[C@H](CO)[C@H](O)[C@H](O[C@H]3O[C@H](CO)[C@H](O)[C@H](O)[C@H]3O)[C@H]2O)[C@@H]1O. The van der Waals surface area contributed by atoms with Gasteiger partial charge in [0, 0.05) is 27.7 Å². The number of aliphatic hydroxyl groups excluding tert-OH is 33. The quantitative estimate of drug-likeness (QED) is 0.0275. The normalized spacial score (nSPS) is 50.4. The Balaban J connectivity index is 0.856. The van der Waals surface area contributed by atoms with E-state index >= 15 is 0 Å². The van der Waals surface area contributed by atoms with E-state index in [9.17, 15) is 188 Å². The molecular formula is C80H134N4O60. The molecule has 834 valence electrons. The maximum atomic E-state index is 13.4. The molecule has 12 aliphatic rings. The van der Waals surface area contributed by atoms with E-state index in [2.05, 4.69) is 21.3 Å². The first-order valence-corrected chi connectivity index (χ1v) is 46.0. The standard InChI is InChI=1S/C80H134N4O60/c1-17-37(98)49(110)54(115)73(124-17)122-16-32-63(45(106)33(69(121)125-32)81-18(2)94)136-70-34(82-19(3)95)46(107)62(28(12-91)132-70)139-78-59(120)66(142-80-68(53(114)41(102)25(9-88)131-80)144-72-36(84-21(5)97)48(109)61(30(14-93)134-72)138-77-58(119)65(43(104)27(11-90)129-77)141-75-56(117)51(112)39(100)23(7-86)127-75)44(105)31(135-78)15-123-79-67(52(113)40(101)24(8-87)130-79)143-71-35(83-20(4)96)47(108)60(29(13-92)133-71)137-76-57(118)64(42(103)26(10-89)128-76)140-74-55(116)50(111)38(99)22(6-85)126-74/h17,22-80,85-93,98-121H,6-16H2,1-5H3,(H,81,94)(H,82,95)(H,83,96)(H,84,97)/t17-,22+,23+,24+,25+,26+,27+,28+,29+,30+,31+,32+,33+,34+,35+,36-,37+,38-,39-,40+,41+,42-,43-,44+,45+,46+,47+,48+,49+,50-,51-,52-,53-,54-,55+,56+,57+,58+,59-,60+,61+,62+,63+,64-,65-,66-,67-,68-,69+,70-,71-,72-,73+,74+,75+,76-,77-,78-,79-,80+/m0/s1. The van der Waals surface area contributed by atoms with Gasteiger partial charge in [-0.15, -0.1) is 0 Å². The first-order chi connectivity index (χ1) is 68.1. The van der Waals surface area contributed by atoms with Crippen molar-refractivity contribution in [1.82, 2.24) is 21.3 Å². The first-order valence-electron chi connectivity index (χ1n) is 46.0. The Kier molecular flexibility index (Phi) is 42.4. The van der Waals surface area contributed by atoms with Crippen LogP contribution in [0.25, 0.3) is 0 Å². The summed E-state index contributed by atoms with van der Waals surface area (Å²) < 4.78 is 137. The van der Waals surface area contributed by atoms with Crippen LogP contribution in [0.15, 0.2) is 0 Å². The van der Waals surface area contributed by atoms with Gasteiger partial charge in [0.15, 0.2) is 75.5 Å². The zero-order valence-electron chi connectivity index (χ0n) is 77.2. The van der Waals surface area contributed by atoms with Crippen LogP contribution < -0.4 is 21.3 Å². The van der Waals surface area contributed by atoms with Gasteiger partial charge in [-0.2, -0.15) is 0 Å². The van der Waals surface area contributed by atoms with Crippen molar-refractivity contribution in [3.05, 3.63) is 0 Å². The highest BCUT2D eigenvalue weighted by molar-refractivity contribution is 5.74. The second-order valence-electron chi connectivity index (χ2n) is 36.6. The first kappa shape index (κ1) is 118. The molecule has 0 radical (unpaired) electrons. The van der Waals surface area contributed by atoms with Crippen molar-refractivity contribution in [3.63, 3.8) is 0 Å². The van der Waals surface area contributed by atoms with Gasteiger partial charge in [-0.25, -0.2) is 0 Å². The third-order valence-corrected chi connectivity index (χ3v) is 26.6. The van der Waals surface area contributed by atoms with E-state index in [4.69, 9.17) is 109 Å². The molecule has 12 saturated heterocycles. The molecule has 12 heterocycles. The number of amides is 4. The van der Waals surface area contributed by atoms with Crippen LogP contribution in [0, 0.1) is 0 Å². The third kappa shape index (κ3) is 25.8. The van der Waals surface area contributed by atoms with Crippen molar-refractivity contribution in [2.24, 2.45) is 0 Å². The molecular weight excluding hydrogens is 1980 g/mol. The van der Waals surface area contributed by atoms with Crippen LogP contribution in [0.4, 0.5) is 0 Å². The van der Waals surface area contributed by atoms with Crippen LogP contribution in [0.2, 0.25) is 0 Å². The summed E-state index contributed by atoms with van der Waals surface area (Å²) in [6.07, 6.45) is -120. The summed E-state index contributed by atoms with van der Waals surface area (Å²) in [5.74, 6) is -3.98. The minimum Gasteiger partial charge on any atom is -0.394 e. The van der Waals surface area contributed by atoms with E-state index in [1.165, 1.54) is 6.92 Å². The Morgan fingerprint density at radius 1 is 0.194 bits per heavy atom. The molecule has 0 unspecified atom stereocenters. The fourth-order valence-corrected chi connectivity index (χ4v) is 18.7. The van der Waals surface area contributed by atoms with Crippen molar-refractivity contribution in [2.75, 3.05) is 72.7 Å². The van der Waals surface area contributed by atoms with Crippen molar-refractivity contribution in [2.45, 2.75) is 403 Å². The molecule has 12 aliphatic heterocycles. The molecule has 4 amide bonds. The fourth-order valence-electron chi connectivity index (χ4n) is 18.7. The average Bonchev–Trinajstić information content (AvgIpc) is 0.771. The Labute approximate surface area is 814 Å². The lowest BCUT2D eigenvalue weighted by molar-refractivity contribution is -0.400. The molecule has 64 heteroatoms. The molecule has 64 nitrogen and oxygen atoms in total. The number of carbonyl (C=O) groups is 4. The number of hydrogen-bond acceptors (Lipinski definition) is 60. The van der Waals surface area contributed by atoms with Gasteiger partial charge in [0.25, 0.3) is 0 Å². The summed E-state index contributed by atoms with van der Waals surface area (Å²) in [5, 5.41) is 380. The lowest BCUT2D eigenvalue weighted by Gasteiger charge is -2.51. The van der Waals surface area contributed by atoms with Crippen LogP contribution in [-0.4, -0.2) is 633 Å². The van der Waals surface area contributed by atoms with E-state index in [1.807, 2.05) is 0 Å². The summed E-state index contributed by atoms with van der Waals surface area (Å²) in [5.41, 5.74) is 0. The van der Waals surface area contributed by atoms with E-state index in [-0.39, 0.29) is 0 Å². The molecule has 12 fully saturated rings. The molecule has 12 rings (SSSR count). The minimum absolute atomic E-state index is 0.874. The Bertz CT molecular complexity index is 3980. The molecule has 0 spiro atoms. The number of carbonyl (C=O) groups excluding carboxylic acids is 4. The molecule has 37 N–H and O–H groups in total. The molecule has 0 aromatic carbocycles. The maximum Gasteiger partial charge on any atom is 0.217 e. The van der Waals surface area contributed by atoms with E-state index in [0.717, 1.165) is 27.7 Å². The van der Waals surface area contributed by atoms with Crippen molar-refractivity contribution in [1.29, 1.82) is 0 Å². The summed E-state index contributed by atoms with van der Waals surface area (Å²) in [4.78, 5) is 52.5. The summed E-state index contributed by atoms with van der Waals surface area (Å²) in [7, 11) is 0. The number of aliphatic hydroxyl groups is 33. The zero-order chi connectivity index (χ0) is 106. The van der Waals surface area contributed by atoms with Crippen LogP contribution in [0.1, 0.15) is 34.6 Å². The Morgan fingerprint density at radius 2 is 0.424 bits per heavy atom. The van der Waals surface area contributed by atoms with E-state index < -0.39 is 465 Å². The predicted octanol–water partition coefficient (Wildman–Crippen LogP) is -25.6. The van der Waals surface area contributed by atoms with Gasteiger partial charge < -0.3 is 299 Å². The van der Waals surface area contributed by atoms with Crippen molar-refractivity contribution in [3.8, 4) is 0 Å². The van der Waals surface area contributed by atoms with Gasteiger partial charge in [-0.05, 0) is 6.92 Å². The van der Waals surface area contributed by atoms with Gasteiger partial charge >= 0.3 is 0 Å². The third-order valence-electron chi connectivity index (χ3n) is 26.6. The summed E-state index contributed by atoms with van der Waals surface area (Å²) in [6.45, 7) is -7.77. The number of nitrogens with one attached hydrogen (secondary N) is 4. The highest BCUT2D eigenvalue weighted by atomic mass is 16.8. The number of rotatable bonds is 37. The van der Waals surface area contributed by atoms with Gasteiger partial charge in [0.2, 0.25) is 23.6 Å². The van der Waals surface area contributed by atoms with Gasteiger partial charge in [0.05, 0.1) is 78.8 Å². The summed E-state index contributed by atoms with van der Waals surface area (Å²) in [6, 6.07) is -8.05. The molecule has 0 saturated carbocycles. The molecule has 0 aromatic rings. The minimum atomic E-state index is -2.71. The summed E-state index contributed by atoms with van der Waals surface area (Å²) >= 11 is 0. The highest BCUT2D eigenvalue weighted by Crippen LogP contribution is 2.43. The molecule has 60 atom stereocenters. The second kappa shape index (κ2) is 51.6. The second-order valence-corrected chi connectivity index (χ2v) is 36.6. The number of ether oxygens (including phenoxy) is 23. The zero-order valence-corrected chi connectivity index (χ0v) is 77.2. The smallest absolute Gasteiger partial charge is 0.217 e.